The minimum Gasteiger partial charge on any atom is -0.497 e. The number of benzene rings is 1. The van der Waals surface area contributed by atoms with Gasteiger partial charge in [-0.15, -0.1) is 0 Å². The van der Waals surface area contributed by atoms with Crippen LogP contribution in [0.2, 0.25) is 0 Å². The topological polar surface area (TPSA) is 99.3 Å². The van der Waals surface area contributed by atoms with Gasteiger partial charge in [0, 0.05) is 45.0 Å². The predicted octanol–water partition coefficient (Wildman–Crippen LogP) is -0.506. The number of piperazine rings is 2. The average Bonchev–Trinajstić information content (AvgIpc) is 2.69. The van der Waals surface area contributed by atoms with Crippen LogP contribution < -0.4 is 15.0 Å². The highest BCUT2D eigenvalue weighted by molar-refractivity contribution is 7.88. The van der Waals surface area contributed by atoms with E-state index in [-0.39, 0.29) is 25.4 Å². The van der Waals surface area contributed by atoms with Crippen molar-refractivity contribution in [1.82, 2.24) is 14.5 Å². The van der Waals surface area contributed by atoms with Crippen LogP contribution in [0.3, 0.4) is 0 Å². The lowest BCUT2D eigenvalue weighted by Gasteiger charge is -2.38. The highest BCUT2D eigenvalue weighted by Gasteiger charge is 2.38. The van der Waals surface area contributed by atoms with Crippen LogP contribution in [0.1, 0.15) is 6.42 Å². The molecule has 9 nitrogen and oxygen atoms in total. The molecule has 0 radical (unpaired) electrons. The van der Waals surface area contributed by atoms with E-state index in [4.69, 9.17) is 4.74 Å². The zero-order valence-electron chi connectivity index (χ0n) is 16.1. The Morgan fingerprint density at radius 3 is 2.36 bits per heavy atom. The quantitative estimate of drug-likeness (QED) is 0.702. The number of carbonyl (C=O) groups excluding carboxylic acids is 2. The molecule has 2 heterocycles. The van der Waals surface area contributed by atoms with Crippen LogP contribution in [0, 0.1) is 0 Å². The van der Waals surface area contributed by atoms with E-state index in [1.807, 2.05) is 24.3 Å². The second kappa shape index (κ2) is 8.36. The first-order valence-corrected chi connectivity index (χ1v) is 11.1. The number of sulfonamides is 1. The monoisotopic (exact) mass is 410 g/mol. The molecule has 2 saturated heterocycles. The summed E-state index contributed by atoms with van der Waals surface area (Å²) in [7, 11) is -1.93. The third-order valence-electron chi connectivity index (χ3n) is 5.15. The molecule has 1 aromatic rings. The van der Waals surface area contributed by atoms with E-state index in [1.165, 1.54) is 0 Å². The number of nitrogens with zero attached hydrogens (tertiary/aromatic N) is 3. The van der Waals surface area contributed by atoms with Crippen molar-refractivity contribution in [2.45, 2.75) is 12.5 Å². The van der Waals surface area contributed by atoms with Gasteiger partial charge in [-0.25, -0.2) is 8.42 Å². The molecule has 2 aliphatic rings. The van der Waals surface area contributed by atoms with E-state index >= 15 is 0 Å². The van der Waals surface area contributed by atoms with Crippen LogP contribution in [-0.2, 0) is 19.6 Å². The van der Waals surface area contributed by atoms with E-state index < -0.39 is 22.0 Å². The Bertz CT molecular complexity index is 819. The molecule has 0 aromatic heterocycles. The summed E-state index contributed by atoms with van der Waals surface area (Å²) in [6, 6.07) is 6.78. The molecule has 1 atom stereocenters. The summed E-state index contributed by atoms with van der Waals surface area (Å²) in [6.07, 6.45) is 0.929. The molecule has 0 aliphatic carbocycles. The molecule has 0 saturated carbocycles. The molecule has 0 spiro atoms. The van der Waals surface area contributed by atoms with Crippen LogP contribution in [-0.4, -0.2) is 88.1 Å². The highest BCUT2D eigenvalue weighted by atomic mass is 32.2. The largest absolute Gasteiger partial charge is 0.497 e. The summed E-state index contributed by atoms with van der Waals surface area (Å²) >= 11 is 0. The second-order valence-electron chi connectivity index (χ2n) is 6.95. The first-order chi connectivity index (χ1) is 13.3. The normalized spacial score (nSPS) is 21.4. The van der Waals surface area contributed by atoms with E-state index in [0.29, 0.717) is 26.2 Å². The number of hydrogen-bond donors (Lipinski definition) is 1. The smallest absolute Gasteiger partial charge is 0.239 e. The van der Waals surface area contributed by atoms with Crippen LogP contribution in [0.5, 0.6) is 5.75 Å². The lowest BCUT2D eigenvalue weighted by Crippen LogP contribution is -2.58. The minimum atomic E-state index is -3.55. The van der Waals surface area contributed by atoms with Crippen LogP contribution in [0.15, 0.2) is 24.3 Å². The molecule has 2 amide bonds. The summed E-state index contributed by atoms with van der Waals surface area (Å²) in [6.45, 7) is 2.84. The van der Waals surface area contributed by atoms with Gasteiger partial charge in [0.2, 0.25) is 21.8 Å². The zero-order valence-corrected chi connectivity index (χ0v) is 16.9. The summed E-state index contributed by atoms with van der Waals surface area (Å²) in [5.74, 6) is 0.172. The van der Waals surface area contributed by atoms with Crippen molar-refractivity contribution in [3.63, 3.8) is 0 Å². The van der Waals surface area contributed by atoms with Gasteiger partial charge in [0.25, 0.3) is 0 Å². The van der Waals surface area contributed by atoms with Gasteiger partial charge in [-0.1, -0.05) is 0 Å². The molecule has 154 valence electrons. The first-order valence-electron chi connectivity index (χ1n) is 9.21. The van der Waals surface area contributed by atoms with Gasteiger partial charge < -0.3 is 19.9 Å². The van der Waals surface area contributed by atoms with E-state index in [9.17, 15) is 18.0 Å². The molecule has 0 bridgehead atoms. The number of carbonyl (C=O) groups is 2. The highest BCUT2D eigenvalue weighted by Crippen LogP contribution is 2.21. The number of ether oxygens (including phenoxy) is 1. The third kappa shape index (κ3) is 4.56. The van der Waals surface area contributed by atoms with Crippen LogP contribution in [0.4, 0.5) is 5.69 Å². The van der Waals surface area contributed by atoms with E-state index in [2.05, 4.69) is 10.2 Å². The number of nitrogens with one attached hydrogen (secondary N) is 1. The maximum Gasteiger partial charge on any atom is 0.239 e. The SMILES string of the molecule is COc1ccc(N2CCN(C(=O)C[C@@H]3C(=O)NCCN3S(C)(=O)=O)CC2)cc1. The summed E-state index contributed by atoms with van der Waals surface area (Å²) in [5.41, 5.74) is 1.06. The van der Waals surface area contributed by atoms with Gasteiger partial charge in [-0.3, -0.25) is 9.59 Å². The maximum absolute atomic E-state index is 12.7. The van der Waals surface area contributed by atoms with Crippen LogP contribution >= 0.6 is 0 Å². The number of rotatable bonds is 5. The maximum atomic E-state index is 12.7. The second-order valence-corrected chi connectivity index (χ2v) is 8.89. The Morgan fingerprint density at radius 2 is 1.79 bits per heavy atom. The molecule has 0 unspecified atom stereocenters. The van der Waals surface area contributed by atoms with Crippen molar-refractivity contribution in [1.29, 1.82) is 0 Å². The van der Waals surface area contributed by atoms with Crippen molar-refractivity contribution in [2.24, 2.45) is 0 Å². The molecular formula is C18H26N4O5S. The Morgan fingerprint density at radius 1 is 1.14 bits per heavy atom. The number of anilines is 1. The lowest BCUT2D eigenvalue weighted by molar-refractivity contribution is -0.137. The zero-order chi connectivity index (χ0) is 20.3. The Labute approximate surface area is 165 Å². The van der Waals surface area contributed by atoms with E-state index in [0.717, 1.165) is 22.0 Å². The van der Waals surface area contributed by atoms with Crippen molar-refractivity contribution in [2.75, 3.05) is 57.5 Å². The third-order valence-corrected chi connectivity index (χ3v) is 6.43. The minimum absolute atomic E-state index is 0.137. The van der Waals surface area contributed by atoms with Crippen molar-refractivity contribution in [3.8, 4) is 5.75 Å². The first kappa shape index (κ1) is 20.4. The fourth-order valence-corrected chi connectivity index (χ4v) is 4.64. The number of methoxy groups -OCH3 is 1. The van der Waals surface area contributed by atoms with Crippen molar-refractivity contribution in [3.05, 3.63) is 24.3 Å². The van der Waals surface area contributed by atoms with E-state index in [1.54, 1.807) is 12.0 Å². The molecular weight excluding hydrogens is 384 g/mol. The molecule has 3 rings (SSSR count). The predicted molar refractivity (Wildman–Crippen MR) is 105 cm³/mol. The number of amides is 2. The summed E-state index contributed by atoms with van der Waals surface area (Å²) < 4.78 is 30.2. The van der Waals surface area contributed by atoms with Crippen LogP contribution in [0.25, 0.3) is 0 Å². The molecule has 1 N–H and O–H groups in total. The lowest BCUT2D eigenvalue weighted by atomic mass is 10.1. The Hall–Kier alpha value is -2.33. The molecule has 10 heteroatoms. The standard InChI is InChI=1S/C18H26N4O5S/c1-27-15-5-3-14(4-6-15)20-9-11-21(12-10-20)17(23)13-16-18(24)19-7-8-22(16)28(2,25)26/h3-6,16H,7-13H2,1-2H3,(H,19,24)/t16-/m1/s1. The molecule has 28 heavy (non-hydrogen) atoms. The molecule has 2 fully saturated rings. The van der Waals surface area contributed by atoms with Crippen molar-refractivity contribution >= 4 is 27.5 Å². The Balaban J connectivity index is 1.59. The fraction of sp³-hybridized carbons (Fsp3) is 0.556. The van der Waals surface area contributed by atoms with Gasteiger partial charge in [0.15, 0.2) is 0 Å². The fourth-order valence-electron chi connectivity index (χ4n) is 3.59. The van der Waals surface area contributed by atoms with Gasteiger partial charge in [-0.05, 0) is 24.3 Å². The number of hydrogen-bond acceptors (Lipinski definition) is 6. The molecule has 1 aromatic carbocycles. The van der Waals surface area contributed by atoms with Crippen molar-refractivity contribution < 1.29 is 22.7 Å². The summed E-state index contributed by atoms with van der Waals surface area (Å²) in [5, 5.41) is 2.65. The van der Waals surface area contributed by atoms with Gasteiger partial charge in [0.05, 0.1) is 19.8 Å². The Kier molecular flexibility index (Phi) is 6.09. The van der Waals surface area contributed by atoms with Gasteiger partial charge >= 0.3 is 0 Å². The summed E-state index contributed by atoms with van der Waals surface area (Å²) in [4.78, 5) is 28.7. The van der Waals surface area contributed by atoms with Gasteiger partial charge in [0.1, 0.15) is 11.8 Å². The average molecular weight is 410 g/mol. The molecule has 2 aliphatic heterocycles. The van der Waals surface area contributed by atoms with Gasteiger partial charge in [-0.2, -0.15) is 4.31 Å².